The van der Waals surface area contributed by atoms with Crippen molar-refractivity contribution < 1.29 is 14.3 Å². The Labute approximate surface area is 198 Å². The van der Waals surface area contributed by atoms with Gasteiger partial charge in [-0.25, -0.2) is 0 Å². The van der Waals surface area contributed by atoms with Gasteiger partial charge >= 0.3 is 0 Å². The lowest BCUT2D eigenvalue weighted by atomic mass is 9.92. The van der Waals surface area contributed by atoms with Crippen molar-refractivity contribution in [2.75, 3.05) is 24.0 Å². The molecular formula is C26H24ClN3O3. The van der Waals surface area contributed by atoms with Gasteiger partial charge in [-0.05, 0) is 66.3 Å². The SMILES string of the molecule is CN(C)c1ccc(/C=C2\CCCC(/C=C3\C(=O)N(c4ccccc4)N=C3OC=O)=C2Cl)cc1. The molecule has 6 nitrogen and oxygen atoms in total. The molecule has 0 N–H and O–H groups in total. The summed E-state index contributed by atoms with van der Waals surface area (Å²) < 4.78 is 5.02. The van der Waals surface area contributed by atoms with Crippen LogP contribution < -0.4 is 9.91 Å². The van der Waals surface area contributed by atoms with Crippen LogP contribution in [0.1, 0.15) is 24.8 Å². The normalized spacial score (nSPS) is 18.7. The maximum atomic E-state index is 13.1. The van der Waals surface area contributed by atoms with E-state index < -0.39 is 0 Å². The number of halogens is 1. The zero-order valence-electron chi connectivity index (χ0n) is 18.5. The van der Waals surface area contributed by atoms with Gasteiger partial charge in [0.1, 0.15) is 5.57 Å². The molecule has 0 radical (unpaired) electrons. The Kier molecular flexibility index (Phi) is 6.75. The zero-order chi connectivity index (χ0) is 23.4. The van der Waals surface area contributed by atoms with E-state index in [9.17, 15) is 9.59 Å². The van der Waals surface area contributed by atoms with Crippen molar-refractivity contribution in [2.24, 2.45) is 5.10 Å². The molecule has 0 unspecified atom stereocenters. The minimum atomic E-state index is -0.370. The summed E-state index contributed by atoms with van der Waals surface area (Å²) in [5, 5.41) is 6.04. The zero-order valence-corrected chi connectivity index (χ0v) is 19.2. The first kappa shape index (κ1) is 22.6. The average molecular weight is 462 g/mol. The second-order valence-electron chi connectivity index (χ2n) is 7.98. The molecule has 4 rings (SSSR count). The van der Waals surface area contributed by atoms with Gasteiger partial charge in [0.15, 0.2) is 0 Å². The fourth-order valence-corrected chi connectivity index (χ4v) is 4.10. The first-order chi connectivity index (χ1) is 16.0. The van der Waals surface area contributed by atoms with E-state index in [0.717, 1.165) is 35.2 Å². The highest BCUT2D eigenvalue weighted by Crippen LogP contribution is 2.36. The summed E-state index contributed by atoms with van der Waals surface area (Å²) in [6.45, 7) is 0.272. The molecule has 0 aromatic heterocycles. The monoisotopic (exact) mass is 461 g/mol. The number of hydrogen-bond donors (Lipinski definition) is 0. The van der Waals surface area contributed by atoms with Crippen LogP contribution in [0.3, 0.4) is 0 Å². The van der Waals surface area contributed by atoms with Gasteiger partial charge in [0.25, 0.3) is 18.3 Å². The summed E-state index contributed by atoms with van der Waals surface area (Å²) >= 11 is 6.77. The Morgan fingerprint density at radius 3 is 2.42 bits per heavy atom. The molecule has 1 amide bonds. The van der Waals surface area contributed by atoms with Crippen molar-refractivity contribution in [3.8, 4) is 0 Å². The van der Waals surface area contributed by atoms with E-state index in [2.05, 4.69) is 35.4 Å². The number of ether oxygens (including phenoxy) is 1. The van der Waals surface area contributed by atoms with Gasteiger partial charge in [-0.3, -0.25) is 9.59 Å². The minimum Gasteiger partial charge on any atom is -0.407 e. The van der Waals surface area contributed by atoms with Crippen molar-refractivity contribution in [3.63, 3.8) is 0 Å². The quantitative estimate of drug-likeness (QED) is 0.449. The molecule has 33 heavy (non-hydrogen) atoms. The van der Waals surface area contributed by atoms with Crippen LogP contribution in [-0.2, 0) is 14.3 Å². The van der Waals surface area contributed by atoms with Gasteiger partial charge in [-0.1, -0.05) is 48.0 Å². The Bertz CT molecular complexity index is 1180. The summed E-state index contributed by atoms with van der Waals surface area (Å²) in [5.74, 6) is -0.406. The van der Waals surface area contributed by atoms with Gasteiger partial charge in [-0.2, -0.15) is 5.01 Å². The topological polar surface area (TPSA) is 62.2 Å². The Morgan fingerprint density at radius 2 is 1.76 bits per heavy atom. The molecule has 1 heterocycles. The number of hydrogen-bond acceptors (Lipinski definition) is 5. The summed E-state index contributed by atoms with van der Waals surface area (Å²) in [6.07, 6.45) is 6.22. The number of carbonyl (C=O) groups excluding carboxylic acids is 2. The van der Waals surface area contributed by atoms with E-state index in [0.29, 0.717) is 17.1 Å². The molecule has 2 aliphatic rings. The van der Waals surface area contributed by atoms with Gasteiger partial charge in [0, 0.05) is 24.8 Å². The number of benzene rings is 2. The molecule has 1 aliphatic carbocycles. The highest BCUT2D eigenvalue weighted by Gasteiger charge is 2.33. The Balaban J connectivity index is 1.66. The van der Waals surface area contributed by atoms with Gasteiger partial charge < -0.3 is 9.64 Å². The molecule has 0 bridgehead atoms. The van der Waals surface area contributed by atoms with E-state index in [1.807, 2.05) is 37.2 Å². The van der Waals surface area contributed by atoms with Crippen LogP contribution in [0.4, 0.5) is 11.4 Å². The van der Waals surface area contributed by atoms with Crippen molar-refractivity contribution in [3.05, 3.63) is 88.0 Å². The second-order valence-corrected chi connectivity index (χ2v) is 8.36. The molecule has 0 spiro atoms. The lowest BCUT2D eigenvalue weighted by Gasteiger charge is -2.18. The van der Waals surface area contributed by atoms with Gasteiger partial charge in [0.2, 0.25) is 0 Å². The fourth-order valence-electron chi connectivity index (χ4n) is 3.81. The lowest BCUT2D eigenvalue weighted by Crippen LogP contribution is -2.21. The molecule has 2 aromatic rings. The van der Waals surface area contributed by atoms with Crippen LogP contribution in [0.2, 0.25) is 0 Å². The van der Waals surface area contributed by atoms with Crippen LogP contribution in [0.25, 0.3) is 6.08 Å². The number of carbonyl (C=O) groups is 2. The summed E-state index contributed by atoms with van der Waals surface area (Å²) in [5.41, 5.74) is 4.80. The maximum Gasteiger partial charge on any atom is 0.299 e. The standard InChI is InChI=1S/C26H24ClN3O3/c1-29(2)21-13-11-18(12-14-21)15-19-7-6-8-20(24(19)27)16-23-25(33-17-31)28-30(26(23)32)22-9-4-3-5-10-22/h3-5,9-17H,6-8H2,1-2H3/b19-15+,23-16-. The predicted octanol–water partition coefficient (Wildman–Crippen LogP) is 5.27. The molecule has 2 aromatic carbocycles. The molecule has 0 saturated carbocycles. The number of nitrogens with zero attached hydrogens (tertiary/aromatic N) is 3. The summed E-state index contributed by atoms with van der Waals surface area (Å²) in [4.78, 5) is 26.2. The van der Waals surface area contributed by atoms with Crippen LogP contribution in [0.5, 0.6) is 0 Å². The summed E-state index contributed by atoms with van der Waals surface area (Å²) in [7, 11) is 4.01. The van der Waals surface area contributed by atoms with Crippen LogP contribution in [0, 0.1) is 0 Å². The molecule has 168 valence electrons. The average Bonchev–Trinajstić information content (AvgIpc) is 3.13. The smallest absolute Gasteiger partial charge is 0.299 e. The van der Waals surface area contributed by atoms with E-state index in [1.54, 1.807) is 18.2 Å². The Hall–Kier alpha value is -3.64. The molecule has 0 saturated heterocycles. The second kappa shape index (κ2) is 9.88. The number of amides is 1. The molecule has 0 atom stereocenters. The Morgan fingerprint density at radius 1 is 1.03 bits per heavy atom. The van der Waals surface area contributed by atoms with E-state index in [4.69, 9.17) is 16.3 Å². The van der Waals surface area contributed by atoms with Gasteiger partial charge in [-0.15, -0.1) is 5.10 Å². The van der Waals surface area contributed by atoms with Gasteiger partial charge in [0.05, 0.1) is 5.69 Å². The fraction of sp³-hybridized carbons (Fsp3) is 0.192. The summed E-state index contributed by atoms with van der Waals surface area (Å²) in [6, 6.07) is 17.2. The van der Waals surface area contributed by atoms with Crippen LogP contribution >= 0.6 is 11.6 Å². The van der Waals surface area contributed by atoms with Crippen LogP contribution in [0.15, 0.2) is 87.5 Å². The lowest BCUT2D eigenvalue weighted by molar-refractivity contribution is -0.121. The largest absolute Gasteiger partial charge is 0.407 e. The number of para-hydroxylation sites is 1. The van der Waals surface area contributed by atoms with E-state index >= 15 is 0 Å². The number of allylic oxidation sites excluding steroid dienone is 4. The predicted molar refractivity (Wildman–Crippen MR) is 132 cm³/mol. The highest BCUT2D eigenvalue weighted by atomic mass is 35.5. The minimum absolute atomic E-state index is 0.0359. The van der Waals surface area contributed by atoms with Crippen molar-refractivity contribution in [2.45, 2.75) is 19.3 Å². The first-order valence-electron chi connectivity index (χ1n) is 10.7. The molecule has 7 heteroatoms. The number of rotatable bonds is 5. The highest BCUT2D eigenvalue weighted by molar-refractivity contribution is 6.33. The third kappa shape index (κ3) is 4.91. The van der Waals surface area contributed by atoms with Crippen molar-refractivity contribution in [1.82, 2.24) is 0 Å². The van der Waals surface area contributed by atoms with Crippen molar-refractivity contribution in [1.29, 1.82) is 0 Å². The molecular weight excluding hydrogens is 438 g/mol. The third-order valence-electron chi connectivity index (χ3n) is 5.53. The van der Waals surface area contributed by atoms with Crippen molar-refractivity contribution >= 4 is 47.3 Å². The molecule has 0 fully saturated rings. The number of hydrazone groups is 1. The maximum absolute atomic E-state index is 13.1. The van der Waals surface area contributed by atoms with E-state index in [-0.39, 0.29) is 23.9 Å². The third-order valence-corrected chi connectivity index (χ3v) is 6.02. The van der Waals surface area contributed by atoms with Crippen LogP contribution in [-0.4, -0.2) is 32.4 Å². The first-order valence-corrected chi connectivity index (χ1v) is 11.0. The number of anilines is 2. The molecule has 1 aliphatic heterocycles. The van der Waals surface area contributed by atoms with E-state index in [1.165, 1.54) is 5.01 Å².